The van der Waals surface area contributed by atoms with Crippen LogP contribution in [-0.4, -0.2) is 23.7 Å². The molecule has 0 aliphatic carbocycles. The van der Waals surface area contributed by atoms with Gasteiger partial charge in [-0.15, -0.1) is 0 Å². The number of hydrogen-bond acceptors (Lipinski definition) is 3. The van der Waals surface area contributed by atoms with Gasteiger partial charge in [0.1, 0.15) is 5.75 Å². The van der Waals surface area contributed by atoms with E-state index in [1.54, 1.807) is 6.20 Å². The summed E-state index contributed by atoms with van der Waals surface area (Å²) in [5.74, 6) is 1.90. The van der Waals surface area contributed by atoms with Crippen LogP contribution >= 0.6 is 0 Å². The van der Waals surface area contributed by atoms with Gasteiger partial charge in [-0.1, -0.05) is 20.8 Å². The second-order valence-corrected chi connectivity index (χ2v) is 6.70. The quantitative estimate of drug-likeness (QED) is 0.818. The number of nitrogens with zero attached hydrogens (tertiary/aromatic N) is 1. The predicted molar refractivity (Wildman–Crippen MR) is 85.4 cm³/mol. The van der Waals surface area contributed by atoms with Gasteiger partial charge in [0.05, 0.1) is 12.8 Å². The van der Waals surface area contributed by atoms with Crippen LogP contribution in [0.3, 0.4) is 0 Å². The second kappa shape index (κ2) is 7.63. The monoisotopic (exact) mass is 278 g/mol. The topological polar surface area (TPSA) is 34.1 Å². The Balaban J connectivity index is 2.63. The van der Waals surface area contributed by atoms with Crippen LogP contribution in [0.2, 0.25) is 0 Å². The molecule has 0 radical (unpaired) electrons. The van der Waals surface area contributed by atoms with Crippen molar-refractivity contribution in [2.24, 2.45) is 5.92 Å². The van der Waals surface area contributed by atoms with Crippen LogP contribution in [0.15, 0.2) is 18.5 Å². The zero-order valence-electron chi connectivity index (χ0n) is 13.9. The highest BCUT2D eigenvalue weighted by atomic mass is 16.5. The van der Waals surface area contributed by atoms with Crippen molar-refractivity contribution in [1.82, 2.24) is 10.3 Å². The molecule has 0 spiro atoms. The Morgan fingerprint density at radius 1 is 1.25 bits per heavy atom. The minimum absolute atomic E-state index is 0.165. The van der Waals surface area contributed by atoms with Gasteiger partial charge in [-0.25, -0.2) is 0 Å². The standard InChI is InChI=1S/C17H30N2O/c1-7-8-20-16-9-15(11-18-12-16)14(3)13(2)10-19-17(4,5)6/h9,11-14,19H,7-8,10H2,1-6H3. The van der Waals surface area contributed by atoms with Gasteiger partial charge in [0, 0.05) is 11.7 Å². The summed E-state index contributed by atoms with van der Waals surface area (Å²) in [6, 6.07) is 2.13. The third kappa shape index (κ3) is 5.91. The molecule has 1 aromatic rings. The van der Waals surface area contributed by atoms with Crippen LogP contribution in [0.1, 0.15) is 59.4 Å². The van der Waals surface area contributed by atoms with Crippen LogP contribution in [0.5, 0.6) is 5.75 Å². The fraction of sp³-hybridized carbons (Fsp3) is 0.706. The highest BCUT2D eigenvalue weighted by Gasteiger charge is 2.18. The predicted octanol–water partition coefficient (Wildman–Crippen LogP) is 4.00. The zero-order chi connectivity index (χ0) is 15.2. The van der Waals surface area contributed by atoms with Crippen LogP contribution in [0.4, 0.5) is 0 Å². The van der Waals surface area contributed by atoms with Crippen LogP contribution in [0, 0.1) is 5.92 Å². The molecule has 0 fully saturated rings. The van der Waals surface area contributed by atoms with E-state index in [-0.39, 0.29) is 5.54 Å². The number of rotatable bonds is 7. The van der Waals surface area contributed by atoms with Crippen molar-refractivity contribution >= 4 is 0 Å². The normalized spacial score (nSPS) is 14.9. The Bertz CT molecular complexity index is 398. The summed E-state index contributed by atoms with van der Waals surface area (Å²) in [5.41, 5.74) is 1.42. The van der Waals surface area contributed by atoms with E-state index in [9.17, 15) is 0 Å². The number of hydrogen-bond donors (Lipinski definition) is 1. The third-order valence-electron chi connectivity index (χ3n) is 3.54. The van der Waals surface area contributed by atoms with Crippen molar-refractivity contribution in [2.45, 2.75) is 59.4 Å². The molecule has 0 aliphatic rings. The largest absolute Gasteiger partial charge is 0.492 e. The molecule has 114 valence electrons. The van der Waals surface area contributed by atoms with Crippen LogP contribution in [0.25, 0.3) is 0 Å². The van der Waals surface area contributed by atoms with Gasteiger partial charge < -0.3 is 10.1 Å². The highest BCUT2D eigenvalue weighted by molar-refractivity contribution is 5.26. The Labute approximate surface area is 124 Å². The van der Waals surface area contributed by atoms with Gasteiger partial charge in [0.25, 0.3) is 0 Å². The Morgan fingerprint density at radius 3 is 2.55 bits per heavy atom. The van der Waals surface area contributed by atoms with E-state index in [1.165, 1.54) is 5.56 Å². The van der Waals surface area contributed by atoms with Gasteiger partial charge >= 0.3 is 0 Å². The summed E-state index contributed by atoms with van der Waals surface area (Å²) in [4.78, 5) is 4.30. The lowest BCUT2D eigenvalue weighted by atomic mass is 9.89. The summed E-state index contributed by atoms with van der Waals surface area (Å²) in [6.07, 6.45) is 4.77. The first-order valence-corrected chi connectivity index (χ1v) is 7.66. The molecule has 0 saturated heterocycles. The summed E-state index contributed by atoms with van der Waals surface area (Å²) < 4.78 is 5.66. The Morgan fingerprint density at radius 2 is 1.95 bits per heavy atom. The summed E-state index contributed by atoms with van der Waals surface area (Å²) in [6.45, 7) is 15.0. The van der Waals surface area contributed by atoms with E-state index in [4.69, 9.17) is 4.74 Å². The number of pyridine rings is 1. The first-order valence-electron chi connectivity index (χ1n) is 7.66. The summed E-state index contributed by atoms with van der Waals surface area (Å²) >= 11 is 0. The maximum atomic E-state index is 5.66. The van der Waals surface area contributed by atoms with Crippen molar-refractivity contribution < 1.29 is 4.74 Å². The average molecular weight is 278 g/mol. The molecule has 0 aromatic carbocycles. The van der Waals surface area contributed by atoms with Crippen molar-refractivity contribution in [3.05, 3.63) is 24.0 Å². The van der Waals surface area contributed by atoms with E-state index in [1.807, 2.05) is 6.20 Å². The van der Waals surface area contributed by atoms with Gasteiger partial charge in [0.2, 0.25) is 0 Å². The van der Waals surface area contributed by atoms with Crippen molar-refractivity contribution in [3.63, 3.8) is 0 Å². The zero-order valence-corrected chi connectivity index (χ0v) is 13.9. The van der Waals surface area contributed by atoms with Crippen molar-refractivity contribution in [2.75, 3.05) is 13.2 Å². The minimum Gasteiger partial charge on any atom is -0.492 e. The number of aromatic nitrogens is 1. The molecule has 1 N–H and O–H groups in total. The van der Waals surface area contributed by atoms with Crippen LogP contribution < -0.4 is 10.1 Å². The molecule has 0 aliphatic heterocycles. The SMILES string of the molecule is CCCOc1cncc(C(C)C(C)CNC(C)(C)C)c1. The first kappa shape index (κ1) is 17.0. The fourth-order valence-corrected chi connectivity index (χ4v) is 1.96. The van der Waals surface area contributed by atoms with E-state index in [2.05, 4.69) is 57.9 Å². The van der Waals surface area contributed by atoms with E-state index in [0.717, 1.165) is 25.3 Å². The van der Waals surface area contributed by atoms with Crippen molar-refractivity contribution in [3.8, 4) is 5.75 Å². The molecule has 0 amide bonds. The number of ether oxygens (including phenoxy) is 1. The van der Waals surface area contributed by atoms with E-state index >= 15 is 0 Å². The molecule has 1 heterocycles. The fourth-order valence-electron chi connectivity index (χ4n) is 1.96. The van der Waals surface area contributed by atoms with E-state index < -0.39 is 0 Å². The summed E-state index contributed by atoms with van der Waals surface area (Å²) in [5, 5.41) is 3.57. The van der Waals surface area contributed by atoms with Gasteiger partial charge in [-0.2, -0.15) is 0 Å². The molecular formula is C17H30N2O. The smallest absolute Gasteiger partial charge is 0.137 e. The molecule has 1 aromatic heterocycles. The highest BCUT2D eigenvalue weighted by Crippen LogP contribution is 2.26. The lowest BCUT2D eigenvalue weighted by Gasteiger charge is -2.27. The average Bonchev–Trinajstić information content (AvgIpc) is 2.41. The molecule has 3 nitrogen and oxygen atoms in total. The lowest BCUT2D eigenvalue weighted by Crippen LogP contribution is -2.39. The molecule has 3 heteroatoms. The van der Waals surface area contributed by atoms with E-state index in [0.29, 0.717) is 11.8 Å². The third-order valence-corrected chi connectivity index (χ3v) is 3.54. The van der Waals surface area contributed by atoms with Gasteiger partial charge in [-0.05, 0) is 57.2 Å². The molecule has 2 atom stereocenters. The van der Waals surface area contributed by atoms with Crippen molar-refractivity contribution in [1.29, 1.82) is 0 Å². The molecule has 0 saturated carbocycles. The maximum Gasteiger partial charge on any atom is 0.137 e. The van der Waals surface area contributed by atoms with Crippen LogP contribution in [-0.2, 0) is 0 Å². The Kier molecular flexibility index (Phi) is 6.47. The first-order chi connectivity index (χ1) is 9.33. The summed E-state index contributed by atoms with van der Waals surface area (Å²) in [7, 11) is 0. The molecule has 1 rings (SSSR count). The molecule has 2 unspecified atom stereocenters. The minimum atomic E-state index is 0.165. The maximum absolute atomic E-state index is 5.66. The lowest BCUT2D eigenvalue weighted by molar-refractivity contribution is 0.314. The molecule has 20 heavy (non-hydrogen) atoms. The number of nitrogens with one attached hydrogen (secondary N) is 1. The van der Waals surface area contributed by atoms with Gasteiger partial charge in [-0.3, -0.25) is 4.98 Å². The molecule has 0 bridgehead atoms. The molecular weight excluding hydrogens is 248 g/mol. The van der Waals surface area contributed by atoms with Gasteiger partial charge in [0.15, 0.2) is 0 Å². The Hall–Kier alpha value is -1.09. The second-order valence-electron chi connectivity index (χ2n) is 6.70.